The van der Waals surface area contributed by atoms with Gasteiger partial charge in [-0.1, -0.05) is 23.9 Å². The summed E-state index contributed by atoms with van der Waals surface area (Å²) in [6.07, 6.45) is 1.95. The third-order valence-corrected chi connectivity index (χ3v) is 5.71. The Morgan fingerprint density at radius 2 is 2.00 bits per heavy atom. The quantitative estimate of drug-likeness (QED) is 0.378. The standard InChI is InChI=1S/C17H12I2O2S/c1-2-21-17-10(7-11(18)9-13(17)19)8-15-16(20)12-5-3-4-6-14(12)22-15/h3-9H,2H2,1H3/b15-8+. The molecule has 2 nitrogen and oxygen atoms in total. The van der Waals surface area contributed by atoms with Crippen molar-refractivity contribution in [3.8, 4) is 5.75 Å². The van der Waals surface area contributed by atoms with Crippen molar-refractivity contribution in [2.75, 3.05) is 6.61 Å². The first kappa shape index (κ1) is 16.3. The van der Waals surface area contributed by atoms with Gasteiger partial charge in [0.2, 0.25) is 5.78 Å². The molecule has 2 aromatic carbocycles. The van der Waals surface area contributed by atoms with Crippen molar-refractivity contribution < 1.29 is 9.53 Å². The molecule has 0 amide bonds. The maximum absolute atomic E-state index is 12.5. The first-order valence-corrected chi connectivity index (χ1v) is 9.72. The van der Waals surface area contributed by atoms with Gasteiger partial charge in [-0.3, -0.25) is 4.79 Å². The number of hydrogen-bond donors (Lipinski definition) is 0. The molecule has 0 N–H and O–H groups in total. The zero-order valence-corrected chi connectivity index (χ0v) is 16.9. The van der Waals surface area contributed by atoms with Gasteiger partial charge in [-0.25, -0.2) is 0 Å². The number of hydrogen-bond acceptors (Lipinski definition) is 3. The summed E-state index contributed by atoms with van der Waals surface area (Å²) in [5.41, 5.74) is 1.75. The summed E-state index contributed by atoms with van der Waals surface area (Å²) in [5, 5.41) is 0. The molecular formula is C17H12I2O2S. The second-order valence-corrected chi connectivity index (χ2v) is 8.17. The fraction of sp³-hybridized carbons (Fsp3) is 0.118. The first-order chi connectivity index (χ1) is 10.6. The van der Waals surface area contributed by atoms with Gasteiger partial charge in [0.05, 0.1) is 15.1 Å². The Kier molecular flexibility index (Phi) is 5.13. The summed E-state index contributed by atoms with van der Waals surface area (Å²) in [7, 11) is 0. The SMILES string of the molecule is CCOc1c(I)cc(I)cc1/C=C1/Sc2ccccc2C1=O. The fourth-order valence-electron chi connectivity index (χ4n) is 2.26. The van der Waals surface area contributed by atoms with Gasteiger partial charge in [0.25, 0.3) is 0 Å². The largest absolute Gasteiger partial charge is 0.492 e. The molecule has 22 heavy (non-hydrogen) atoms. The van der Waals surface area contributed by atoms with E-state index in [0.29, 0.717) is 6.61 Å². The number of Topliss-reactive ketones (excluding diaryl/α,β-unsaturated/α-hetero) is 1. The van der Waals surface area contributed by atoms with E-state index in [1.165, 1.54) is 11.8 Å². The van der Waals surface area contributed by atoms with Crippen molar-refractivity contribution in [2.45, 2.75) is 11.8 Å². The Hall–Kier alpha value is -0.540. The lowest BCUT2D eigenvalue weighted by atomic mass is 10.1. The molecule has 5 heteroatoms. The normalized spacial score (nSPS) is 15.2. The molecule has 0 spiro atoms. The summed E-state index contributed by atoms with van der Waals surface area (Å²) >= 11 is 6.09. The van der Waals surface area contributed by atoms with Gasteiger partial charge >= 0.3 is 0 Å². The number of rotatable bonds is 3. The molecule has 112 valence electrons. The molecule has 0 saturated carbocycles. The highest BCUT2D eigenvalue weighted by Gasteiger charge is 2.25. The molecule has 1 heterocycles. The van der Waals surface area contributed by atoms with Crippen LogP contribution >= 0.6 is 56.9 Å². The lowest BCUT2D eigenvalue weighted by Gasteiger charge is -2.11. The monoisotopic (exact) mass is 534 g/mol. The number of allylic oxidation sites excluding steroid dienone is 1. The van der Waals surface area contributed by atoms with Crippen LogP contribution < -0.4 is 4.74 Å². The van der Waals surface area contributed by atoms with E-state index in [1.54, 1.807) is 0 Å². The zero-order chi connectivity index (χ0) is 15.7. The molecule has 0 fully saturated rings. The van der Waals surface area contributed by atoms with E-state index in [9.17, 15) is 4.79 Å². The van der Waals surface area contributed by atoms with E-state index < -0.39 is 0 Å². The Labute approximate surface area is 161 Å². The molecule has 0 unspecified atom stereocenters. The summed E-state index contributed by atoms with van der Waals surface area (Å²) in [5.74, 6) is 0.942. The number of ether oxygens (including phenoxy) is 1. The van der Waals surface area contributed by atoms with E-state index in [1.807, 2.05) is 37.3 Å². The number of benzene rings is 2. The first-order valence-electron chi connectivity index (χ1n) is 6.75. The number of carbonyl (C=O) groups excluding carboxylic acids is 1. The molecule has 1 aliphatic rings. The fourth-order valence-corrected chi connectivity index (χ4v) is 5.35. The van der Waals surface area contributed by atoms with Crippen molar-refractivity contribution in [3.05, 3.63) is 59.6 Å². The molecule has 0 saturated heterocycles. The van der Waals surface area contributed by atoms with Crippen molar-refractivity contribution in [2.24, 2.45) is 0 Å². The molecule has 1 aliphatic heterocycles. The summed E-state index contributed by atoms with van der Waals surface area (Å²) in [6.45, 7) is 2.57. The summed E-state index contributed by atoms with van der Waals surface area (Å²) < 4.78 is 7.96. The van der Waals surface area contributed by atoms with Crippen molar-refractivity contribution in [1.29, 1.82) is 0 Å². The molecule has 0 aromatic heterocycles. The van der Waals surface area contributed by atoms with Crippen LogP contribution in [0.25, 0.3) is 6.08 Å². The Morgan fingerprint density at radius 3 is 2.73 bits per heavy atom. The molecular weight excluding hydrogens is 522 g/mol. The lowest BCUT2D eigenvalue weighted by Crippen LogP contribution is -1.99. The minimum absolute atomic E-state index is 0.0944. The lowest BCUT2D eigenvalue weighted by molar-refractivity contribution is 0.104. The van der Waals surface area contributed by atoms with Crippen molar-refractivity contribution in [1.82, 2.24) is 0 Å². The molecule has 0 radical (unpaired) electrons. The van der Waals surface area contributed by atoms with Gasteiger partial charge in [-0.05, 0) is 82.4 Å². The van der Waals surface area contributed by atoms with Gasteiger partial charge in [0, 0.05) is 19.6 Å². The maximum Gasteiger partial charge on any atom is 0.200 e. The van der Waals surface area contributed by atoms with Crippen LogP contribution in [0.1, 0.15) is 22.8 Å². The molecule has 0 bridgehead atoms. The van der Waals surface area contributed by atoms with E-state index in [2.05, 4.69) is 57.3 Å². The highest BCUT2D eigenvalue weighted by molar-refractivity contribution is 14.1. The van der Waals surface area contributed by atoms with E-state index >= 15 is 0 Å². The highest BCUT2D eigenvalue weighted by Crippen LogP contribution is 2.42. The van der Waals surface area contributed by atoms with Gasteiger partial charge < -0.3 is 4.74 Å². The van der Waals surface area contributed by atoms with Crippen LogP contribution in [0.2, 0.25) is 0 Å². The second kappa shape index (κ2) is 6.92. The minimum atomic E-state index is 0.0944. The maximum atomic E-state index is 12.5. The Morgan fingerprint density at radius 1 is 1.23 bits per heavy atom. The predicted octanol–water partition coefficient (Wildman–Crippen LogP) is 5.62. The number of halogens is 2. The minimum Gasteiger partial charge on any atom is -0.492 e. The Balaban J connectivity index is 2.05. The highest BCUT2D eigenvalue weighted by atomic mass is 127. The van der Waals surface area contributed by atoms with Crippen LogP contribution in [0.4, 0.5) is 0 Å². The van der Waals surface area contributed by atoms with Crippen molar-refractivity contribution in [3.63, 3.8) is 0 Å². The van der Waals surface area contributed by atoms with Gasteiger partial charge in [0.15, 0.2) is 0 Å². The predicted molar refractivity (Wildman–Crippen MR) is 108 cm³/mol. The molecule has 0 atom stereocenters. The number of thioether (sulfide) groups is 1. The third-order valence-electron chi connectivity index (χ3n) is 3.19. The van der Waals surface area contributed by atoms with Crippen LogP contribution in [0.3, 0.4) is 0 Å². The molecule has 3 rings (SSSR count). The average Bonchev–Trinajstić information content (AvgIpc) is 2.80. The Bertz CT molecular complexity index is 784. The number of carbonyl (C=O) groups is 1. The number of ketones is 1. The zero-order valence-electron chi connectivity index (χ0n) is 11.7. The smallest absolute Gasteiger partial charge is 0.200 e. The van der Waals surface area contributed by atoms with Crippen LogP contribution in [0, 0.1) is 7.14 Å². The van der Waals surface area contributed by atoms with Crippen LogP contribution in [0.15, 0.2) is 46.2 Å². The van der Waals surface area contributed by atoms with E-state index in [4.69, 9.17) is 4.74 Å². The van der Waals surface area contributed by atoms with Crippen LogP contribution in [-0.4, -0.2) is 12.4 Å². The van der Waals surface area contributed by atoms with Crippen LogP contribution in [0.5, 0.6) is 5.75 Å². The summed E-state index contributed by atoms with van der Waals surface area (Å²) in [6, 6.07) is 11.9. The molecule has 0 aliphatic carbocycles. The second-order valence-electron chi connectivity index (χ2n) is 4.67. The average molecular weight is 534 g/mol. The topological polar surface area (TPSA) is 26.3 Å². The summed E-state index contributed by atoms with van der Waals surface area (Å²) in [4.78, 5) is 14.3. The van der Waals surface area contributed by atoms with Gasteiger partial charge in [0.1, 0.15) is 5.75 Å². The molecule has 2 aromatic rings. The van der Waals surface area contributed by atoms with Gasteiger partial charge in [-0.15, -0.1) is 0 Å². The van der Waals surface area contributed by atoms with Gasteiger partial charge in [-0.2, -0.15) is 0 Å². The van der Waals surface area contributed by atoms with E-state index in [-0.39, 0.29) is 5.78 Å². The number of fused-ring (bicyclic) bond motifs is 1. The third kappa shape index (κ3) is 3.21. The van der Waals surface area contributed by atoms with E-state index in [0.717, 1.165) is 33.8 Å². The van der Waals surface area contributed by atoms with Crippen LogP contribution in [-0.2, 0) is 0 Å². The van der Waals surface area contributed by atoms with Crippen molar-refractivity contribution >= 4 is 68.8 Å².